The molecule has 0 unspecified atom stereocenters. The van der Waals surface area contributed by atoms with Crippen LogP contribution < -0.4 is 0 Å². The first kappa shape index (κ1) is 15.1. The molecule has 0 spiro atoms. The summed E-state index contributed by atoms with van der Waals surface area (Å²) in [4.78, 5) is 11.2. The number of hydrogen-bond acceptors (Lipinski definition) is 1. The zero-order valence-electron chi connectivity index (χ0n) is 10.8. The van der Waals surface area contributed by atoms with Crippen LogP contribution in [0, 0.1) is 0 Å². The van der Waals surface area contributed by atoms with Gasteiger partial charge in [0.1, 0.15) is 0 Å². The van der Waals surface area contributed by atoms with Crippen molar-refractivity contribution in [2.45, 2.75) is 6.18 Å². The van der Waals surface area contributed by atoms with E-state index in [2.05, 4.69) is 0 Å². The number of rotatable bonds is 1. The Morgan fingerprint density at radius 2 is 1.55 bits per heavy atom. The van der Waals surface area contributed by atoms with Gasteiger partial charge in [0, 0.05) is 10.9 Å². The molecular weight excluding hydrogens is 336 g/mol. The number of halogens is 5. The minimum atomic E-state index is -4.46. The Morgan fingerprint density at radius 3 is 2.18 bits per heavy atom. The van der Waals surface area contributed by atoms with Crippen LogP contribution in [0.4, 0.5) is 13.2 Å². The lowest BCUT2D eigenvalue weighted by Gasteiger charge is -2.12. The van der Waals surface area contributed by atoms with Gasteiger partial charge in [0.2, 0.25) is 0 Å². The average molecular weight is 343 g/mol. The van der Waals surface area contributed by atoms with Crippen LogP contribution in [0.5, 0.6) is 0 Å². The third-order valence-corrected chi connectivity index (χ3v) is 4.33. The second-order valence-corrected chi connectivity index (χ2v) is 5.58. The van der Waals surface area contributed by atoms with Crippen LogP contribution in [-0.4, -0.2) is 6.29 Å². The largest absolute Gasteiger partial charge is 0.416 e. The lowest BCUT2D eigenvalue weighted by atomic mass is 9.96. The van der Waals surface area contributed by atoms with Crippen LogP contribution in [0.3, 0.4) is 0 Å². The van der Waals surface area contributed by atoms with Gasteiger partial charge < -0.3 is 0 Å². The van der Waals surface area contributed by atoms with Crippen LogP contribution in [0.2, 0.25) is 10.0 Å². The molecule has 0 aliphatic rings. The van der Waals surface area contributed by atoms with Gasteiger partial charge in [0.25, 0.3) is 0 Å². The van der Waals surface area contributed by atoms with E-state index in [0.29, 0.717) is 27.8 Å². The Bertz CT molecular complexity index is 917. The normalized spacial score (nSPS) is 12.0. The first-order valence-electron chi connectivity index (χ1n) is 6.20. The highest BCUT2D eigenvalue weighted by Gasteiger charge is 2.30. The van der Waals surface area contributed by atoms with Gasteiger partial charge in [-0.15, -0.1) is 0 Å². The van der Waals surface area contributed by atoms with Crippen molar-refractivity contribution in [1.29, 1.82) is 0 Å². The molecule has 0 N–H and O–H groups in total. The highest BCUT2D eigenvalue weighted by Crippen LogP contribution is 2.38. The quantitative estimate of drug-likeness (QED) is 0.384. The van der Waals surface area contributed by atoms with E-state index in [1.807, 2.05) is 0 Å². The molecular formula is C16H7Cl2F3O. The molecule has 0 saturated heterocycles. The number of benzene rings is 3. The topological polar surface area (TPSA) is 17.1 Å². The standard InChI is InChI=1S/C16H7Cl2F3O/c17-14-4-3-11-12-6-9(16(19,20)21)1-2-10(12)8(7-22)5-13(11)15(14)18/h1-7H. The van der Waals surface area contributed by atoms with E-state index >= 15 is 0 Å². The molecule has 1 nitrogen and oxygen atoms in total. The van der Waals surface area contributed by atoms with E-state index in [1.165, 1.54) is 18.2 Å². The summed E-state index contributed by atoms with van der Waals surface area (Å²) >= 11 is 12.1. The molecule has 0 heterocycles. The summed E-state index contributed by atoms with van der Waals surface area (Å²) in [5.41, 5.74) is -0.518. The molecule has 0 aromatic heterocycles. The molecule has 0 aliphatic heterocycles. The summed E-state index contributed by atoms with van der Waals surface area (Å²) in [5.74, 6) is 0. The summed E-state index contributed by atoms with van der Waals surface area (Å²) in [6, 6.07) is 7.93. The van der Waals surface area contributed by atoms with E-state index in [-0.39, 0.29) is 15.6 Å². The van der Waals surface area contributed by atoms with E-state index in [9.17, 15) is 18.0 Å². The van der Waals surface area contributed by atoms with Crippen molar-refractivity contribution in [2.24, 2.45) is 0 Å². The first-order chi connectivity index (χ1) is 10.3. The lowest BCUT2D eigenvalue weighted by molar-refractivity contribution is -0.137. The number of fused-ring (bicyclic) bond motifs is 3. The second kappa shape index (κ2) is 5.14. The maximum atomic E-state index is 12.9. The highest BCUT2D eigenvalue weighted by molar-refractivity contribution is 6.46. The number of hydrogen-bond donors (Lipinski definition) is 0. The molecule has 22 heavy (non-hydrogen) atoms. The third-order valence-electron chi connectivity index (χ3n) is 3.51. The lowest BCUT2D eigenvalue weighted by Crippen LogP contribution is -2.04. The van der Waals surface area contributed by atoms with Crippen LogP contribution in [0.25, 0.3) is 21.5 Å². The van der Waals surface area contributed by atoms with Crippen molar-refractivity contribution < 1.29 is 18.0 Å². The van der Waals surface area contributed by atoms with Crippen LogP contribution in [0.15, 0.2) is 36.4 Å². The van der Waals surface area contributed by atoms with Gasteiger partial charge in [-0.25, -0.2) is 0 Å². The average Bonchev–Trinajstić information content (AvgIpc) is 2.48. The van der Waals surface area contributed by atoms with Crippen LogP contribution >= 0.6 is 23.2 Å². The predicted octanol–water partition coefficient (Wildman–Crippen LogP) is 6.13. The van der Waals surface area contributed by atoms with Gasteiger partial charge in [-0.05, 0) is 40.4 Å². The molecule has 0 amide bonds. The Labute approximate surface area is 133 Å². The molecule has 6 heteroatoms. The van der Waals surface area contributed by atoms with Crippen molar-refractivity contribution in [2.75, 3.05) is 0 Å². The van der Waals surface area contributed by atoms with E-state index < -0.39 is 11.7 Å². The monoisotopic (exact) mass is 342 g/mol. The maximum absolute atomic E-state index is 12.9. The predicted molar refractivity (Wildman–Crippen MR) is 81.9 cm³/mol. The summed E-state index contributed by atoms with van der Waals surface area (Å²) in [6.07, 6.45) is -3.87. The van der Waals surface area contributed by atoms with Gasteiger partial charge in [-0.1, -0.05) is 35.3 Å². The van der Waals surface area contributed by atoms with Crippen molar-refractivity contribution in [3.05, 3.63) is 57.6 Å². The molecule has 0 aliphatic carbocycles. The van der Waals surface area contributed by atoms with Gasteiger partial charge in [-0.3, -0.25) is 4.79 Å². The molecule has 3 rings (SSSR count). The van der Waals surface area contributed by atoms with Gasteiger partial charge in [0.15, 0.2) is 6.29 Å². The minimum absolute atomic E-state index is 0.210. The van der Waals surface area contributed by atoms with Gasteiger partial charge >= 0.3 is 6.18 Å². The highest BCUT2D eigenvalue weighted by atomic mass is 35.5. The number of carbonyl (C=O) groups excluding carboxylic acids is 1. The van der Waals surface area contributed by atoms with Crippen LogP contribution in [0.1, 0.15) is 15.9 Å². The SMILES string of the molecule is O=Cc1cc2c(Cl)c(Cl)ccc2c2cc(C(F)(F)F)ccc12. The molecule has 0 bridgehead atoms. The molecule has 0 radical (unpaired) electrons. The molecule has 3 aromatic rings. The Balaban J connectivity index is 2.52. The fourth-order valence-electron chi connectivity index (χ4n) is 2.47. The Morgan fingerprint density at radius 1 is 0.864 bits per heavy atom. The summed E-state index contributed by atoms with van der Waals surface area (Å²) in [6.45, 7) is 0. The van der Waals surface area contributed by atoms with Crippen LogP contribution in [-0.2, 0) is 6.18 Å². The molecule has 112 valence electrons. The Kier molecular flexibility index (Phi) is 3.54. The Hall–Kier alpha value is -1.78. The van der Waals surface area contributed by atoms with Crippen molar-refractivity contribution in [1.82, 2.24) is 0 Å². The molecule has 3 aromatic carbocycles. The maximum Gasteiger partial charge on any atom is 0.416 e. The van der Waals surface area contributed by atoms with Gasteiger partial charge in [-0.2, -0.15) is 13.2 Å². The molecule has 0 saturated carbocycles. The smallest absolute Gasteiger partial charge is 0.298 e. The van der Waals surface area contributed by atoms with Gasteiger partial charge in [0.05, 0.1) is 15.6 Å². The molecule has 0 atom stereocenters. The van der Waals surface area contributed by atoms with E-state index in [1.54, 1.807) is 6.07 Å². The second-order valence-electron chi connectivity index (χ2n) is 4.80. The summed E-state index contributed by atoms with van der Waals surface area (Å²) < 4.78 is 38.8. The fourth-order valence-corrected chi connectivity index (χ4v) is 2.85. The summed E-state index contributed by atoms with van der Waals surface area (Å²) in [7, 11) is 0. The first-order valence-corrected chi connectivity index (χ1v) is 6.95. The third kappa shape index (κ3) is 2.32. The van der Waals surface area contributed by atoms with Crippen molar-refractivity contribution in [3.8, 4) is 0 Å². The summed E-state index contributed by atoms with van der Waals surface area (Å²) in [5, 5.41) is 2.20. The fraction of sp³-hybridized carbons (Fsp3) is 0.0625. The minimum Gasteiger partial charge on any atom is -0.298 e. The zero-order valence-corrected chi connectivity index (χ0v) is 12.4. The zero-order chi connectivity index (χ0) is 16.1. The van der Waals surface area contributed by atoms with Crippen molar-refractivity contribution >= 4 is 51.0 Å². The number of carbonyl (C=O) groups is 1. The molecule has 0 fully saturated rings. The van der Waals surface area contributed by atoms with Crippen molar-refractivity contribution in [3.63, 3.8) is 0 Å². The number of aldehydes is 1. The van der Waals surface area contributed by atoms with E-state index in [0.717, 1.165) is 12.1 Å². The van der Waals surface area contributed by atoms with E-state index in [4.69, 9.17) is 23.2 Å². The number of alkyl halides is 3.